The zero-order valence-corrected chi connectivity index (χ0v) is 14.6. The summed E-state index contributed by atoms with van der Waals surface area (Å²) in [6.45, 7) is 4.32. The number of carbonyl (C=O) groups excluding carboxylic acids is 1. The van der Waals surface area contributed by atoms with E-state index in [0.29, 0.717) is 34.3 Å². The highest BCUT2D eigenvalue weighted by molar-refractivity contribution is 7.16. The predicted molar refractivity (Wildman–Crippen MR) is 91.2 cm³/mol. The van der Waals surface area contributed by atoms with E-state index in [0.717, 1.165) is 22.0 Å². The molecule has 4 nitrogen and oxygen atoms in total. The quantitative estimate of drug-likeness (QED) is 0.746. The molecule has 1 aliphatic carbocycles. The van der Waals surface area contributed by atoms with E-state index in [9.17, 15) is 4.79 Å². The van der Waals surface area contributed by atoms with Crippen LogP contribution in [0, 0.1) is 6.08 Å². The Kier molecular flexibility index (Phi) is 4.41. The Balaban J connectivity index is 1.99. The molecule has 0 unspecified atom stereocenters. The second-order valence-corrected chi connectivity index (χ2v) is 6.45. The standard InChI is InChI=1S/C17H15ClNO3S/c1-4-22-14-6-5-13(23-14)16(20)11-8-12-10(7-9(2)19-12)15(18)17(11)21-3/h5-6H,4,8H2,1-3H3. The molecule has 1 radical (unpaired) electrons. The average Bonchev–Trinajstić information content (AvgIpc) is 3.13. The Labute approximate surface area is 143 Å². The molecule has 0 aromatic carbocycles. The minimum absolute atomic E-state index is 0.109. The summed E-state index contributed by atoms with van der Waals surface area (Å²) in [5.74, 6) is 0.293. The van der Waals surface area contributed by atoms with Gasteiger partial charge < -0.3 is 9.47 Å². The number of Topliss-reactive ketones (excluding diaryl/α,β-unsaturated/α-hetero) is 1. The Morgan fingerprint density at radius 2 is 2.26 bits per heavy atom. The number of fused-ring (bicyclic) bond motifs is 1. The number of thiophene rings is 1. The van der Waals surface area contributed by atoms with Crippen LogP contribution in [-0.4, -0.2) is 25.2 Å². The third-order valence-corrected chi connectivity index (χ3v) is 4.86. The number of hydrogen-bond acceptors (Lipinski definition) is 5. The molecule has 0 bridgehead atoms. The molecule has 23 heavy (non-hydrogen) atoms. The molecule has 3 rings (SSSR count). The second kappa shape index (κ2) is 6.34. The molecule has 1 aromatic rings. The molecular formula is C17H15ClNO3S. The minimum Gasteiger partial charge on any atom is -0.495 e. The average molecular weight is 349 g/mol. The number of halogens is 1. The molecule has 0 spiro atoms. The van der Waals surface area contributed by atoms with E-state index in [4.69, 9.17) is 21.1 Å². The van der Waals surface area contributed by atoms with E-state index in [1.165, 1.54) is 18.4 Å². The molecule has 0 N–H and O–H groups in total. The molecule has 0 amide bonds. The van der Waals surface area contributed by atoms with Gasteiger partial charge in [0.25, 0.3) is 0 Å². The zero-order chi connectivity index (χ0) is 16.6. The first kappa shape index (κ1) is 16.0. The van der Waals surface area contributed by atoms with Crippen LogP contribution in [0.15, 0.2) is 44.8 Å². The number of nitrogens with zero attached hydrogens (tertiary/aromatic N) is 1. The third-order valence-electron chi connectivity index (χ3n) is 3.50. The van der Waals surface area contributed by atoms with Gasteiger partial charge in [0.1, 0.15) is 5.76 Å². The Bertz CT molecular complexity index is 799. The highest BCUT2D eigenvalue weighted by atomic mass is 35.5. The van der Waals surface area contributed by atoms with Crippen molar-refractivity contribution in [2.24, 2.45) is 4.99 Å². The number of ether oxygens (including phenoxy) is 2. The lowest BCUT2D eigenvalue weighted by Gasteiger charge is -2.19. The lowest BCUT2D eigenvalue weighted by molar-refractivity contribution is 0.102. The van der Waals surface area contributed by atoms with Crippen molar-refractivity contribution >= 4 is 34.4 Å². The van der Waals surface area contributed by atoms with E-state index < -0.39 is 0 Å². The van der Waals surface area contributed by atoms with Gasteiger partial charge >= 0.3 is 0 Å². The van der Waals surface area contributed by atoms with E-state index in [-0.39, 0.29) is 5.78 Å². The normalized spacial score (nSPS) is 17.0. The van der Waals surface area contributed by atoms with E-state index in [2.05, 4.69) is 11.1 Å². The van der Waals surface area contributed by atoms with Crippen molar-refractivity contribution in [3.63, 3.8) is 0 Å². The van der Waals surface area contributed by atoms with Gasteiger partial charge in [0, 0.05) is 23.8 Å². The minimum atomic E-state index is -0.109. The van der Waals surface area contributed by atoms with Crippen LogP contribution in [0.1, 0.15) is 29.9 Å². The number of hydrogen-bond donors (Lipinski definition) is 0. The maximum atomic E-state index is 12.9. The number of rotatable bonds is 5. The van der Waals surface area contributed by atoms with E-state index >= 15 is 0 Å². The summed E-state index contributed by atoms with van der Waals surface area (Å²) in [6.07, 6.45) is 3.50. The maximum Gasteiger partial charge on any atom is 0.203 e. The first-order valence-corrected chi connectivity index (χ1v) is 8.37. The largest absolute Gasteiger partial charge is 0.495 e. The van der Waals surface area contributed by atoms with Crippen LogP contribution < -0.4 is 4.74 Å². The molecule has 2 heterocycles. The molecular weight excluding hydrogens is 334 g/mol. The summed E-state index contributed by atoms with van der Waals surface area (Å²) in [7, 11) is 1.51. The molecule has 1 aliphatic heterocycles. The van der Waals surface area contributed by atoms with Crippen molar-refractivity contribution in [2.45, 2.75) is 20.3 Å². The van der Waals surface area contributed by atoms with Gasteiger partial charge in [-0.1, -0.05) is 22.9 Å². The summed E-state index contributed by atoms with van der Waals surface area (Å²) in [4.78, 5) is 17.9. The van der Waals surface area contributed by atoms with Crippen LogP contribution in [0.4, 0.5) is 0 Å². The Hall–Kier alpha value is -1.85. The summed E-state index contributed by atoms with van der Waals surface area (Å²) in [5.41, 5.74) is 2.76. The van der Waals surface area contributed by atoms with Gasteiger partial charge in [-0.05, 0) is 26.0 Å². The van der Waals surface area contributed by atoms with Gasteiger partial charge in [0.05, 0.1) is 34.9 Å². The first-order valence-electron chi connectivity index (χ1n) is 7.18. The van der Waals surface area contributed by atoms with Crippen molar-refractivity contribution in [2.75, 3.05) is 13.7 Å². The van der Waals surface area contributed by atoms with Crippen LogP contribution in [0.2, 0.25) is 0 Å². The summed E-state index contributed by atoms with van der Waals surface area (Å²) in [5, 5.41) is 1.11. The van der Waals surface area contributed by atoms with Crippen LogP contribution in [0.3, 0.4) is 0 Å². The van der Waals surface area contributed by atoms with Crippen LogP contribution in [0.25, 0.3) is 0 Å². The van der Waals surface area contributed by atoms with Crippen molar-refractivity contribution in [3.05, 3.63) is 50.7 Å². The monoisotopic (exact) mass is 348 g/mol. The molecule has 0 fully saturated rings. The zero-order valence-electron chi connectivity index (χ0n) is 13.0. The summed E-state index contributed by atoms with van der Waals surface area (Å²) in [6, 6.07) is 3.56. The Morgan fingerprint density at radius 1 is 1.48 bits per heavy atom. The van der Waals surface area contributed by atoms with Crippen LogP contribution in [-0.2, 0) is 4.74 Å². The molecule has 0 saturated heterocycles. The molecule has 0 atom stereocenters. The van der Waals surface area contributed by atoms with Gasteiger partial charge in [-0.2, -0.15) is 0 Å². The number of allylic oxidation sites excluding steroid dienone is 5. The molecule has 0 saturated carbocycles. The molecule has 6 heteroatoms. The lowest BCUT2D eigenvalue weighted by atomic mass is 9.92. The Morgan fingerprint density at radius 3 is 2.96 bits per heavy atom. The van der Waals surface area contributed by atoms with Gasteiger partial charge in [-0.3, -0.25) is 9.79 Å². The number of carbonyl (C=O) groups is 1. The van der Waals surface area contributed by atoms with Crippen molar-refractivity contribution in [3.8, 4) is 5.06 Å². The van der Waals surface area contributed by atoms with E-state index in [1.54, 1.807) is 12.1 Å². The number of aliphatic imine (C=N–C) groups is 1. The smallest absolute Gasteiger partial charge is 0.203 e. The number of ketones is 1. The summed E-state index contributed by atoms with van der Waals surface area (Å²) < 4.78 is 10.8. The van der Waals surface area contributed by atoms with E-state index in [1.807, 2.05) is 13.8 Å². The topological polar surface area (TPSA) is 47.9 Å². The van der Waals surface area contributed by atoms with Crippen molar-refractivity contribution in [1.29, 1.82) is 0 Å². The van der Waals surface area contributed by atoms with Gasteiger partial charge in [-0.25, -0.2) is 0 Å². The SMILES string of the molecule is CCOc1ccc(C(=O)C2=C(OC)C(Cl)=C3[C]=C(C)N=C3C2)s1. The molecule has 2 aliphatic rings. The molecule has 119 valence electrons. The maximum absolute atomic E-state index is 12.9. The summed E-state index contributed by atoms with van der Waals surface area (Å²) >= 11 is 7.71. The second-order valence-electron chi connectivity index (χ2n) is 5.03. The van der Waals surface area contributed by atoms with Gasteiger partial charge in [-0.15, -0.1) is 0 Å². The van der Waals surface area contributed by atoms with Crippen molar-refractivity contribution < 1.29 is 14.3 Å². The first-order chi connectivity index (χ1) is 11.0. The van der Waals surface area contributed by atoms with Crippen molar-refractivity contribution in [1.82, 2.24) is 0 Å². The van der Waals surface area contributed by atoms with Crippen LogP contribution in [0.5, 0.6) is 5.06 Å². The van der Waals surface area contributed by atoms with Gasteiger partial charge in [0.15, 0.2) is 5.06 Å². The van der Waals surface area contributed by atoms with Crippen LogP contribution >= 0.6 is 22.9 Å². The fourth-order valence-corrected chi connectivity index (χ4v) is 3.78. The highest BCUT2D eigenvalue weighted by Gasteiger charge is 2.32. The predicted octanol–water partition coefficient (Wildman–Crippen LogP) is 4.29. The highest BCUT2D eigenvalue weighted by Crippen LogP contribution is 2.38. The van der Waals surface area contributed by atoms with Gasteiger partial charge in [0.2, 0.25) is 5.78 Å². The lowest BCUT2D eigenvalue weighted by Crippen LogP contribution is -2.17. The fraction of sp³-hybridized carbons (Fsp3) is 0.294. The molecule has 1 aromatic heterocycles. The fourth-order valence-electron chi connectivity index (χ4n) is 2.55. The number of methoxy groups -OCH3 is 1. The third kappa shape index (κ3) is 2.86.